The highest BCUT2D eigenvalue weighted by molar-refractivity contribution is 5.77. The van der Waals surface area contributed by atoms with E-state index in [4.69, 9.17) is 4.74 Å². The normalized spacial score (nSPS) is 17.7. The van der Waals surface area contributed by atoms with Gasteiger partial charge < -0.3 is 15.2 Å². The number of amides is 1. The molecule has 104 valence electrons. The molecule has 2 N–H and O–H groups in total. The van der Waals surface area contributed by atoms with E-state index in [0.717, 1.165) is 31.2 Å². The first kappa shape index (κ1) is 13.9. The molecule has 0 spiro atoms. The van der Waals surface area contributed by atoms with Gasteiger partial charge >= 0.3 is 0 Å². The average molecular weight is 263 g/mol. The van der Waals surface area contributed by atoms with Gasteiger partial charge in [0.05, 0.1) is 6.10 Å². The van der Waals surface area contributed by atoms with E-state index in [2.05, 4.69) is 5.32 Å². The van der Waals surface area contributed by atoms with Crippen LogP contribution < -0.4 is 10.1 Å². The van der Waals surface area contributed by atoms with Gasteiger partial charge in [-0.15, -0.1) is 0 Å². The summed E-state index contributed by atoms with van der Waals surface area (Å²) in [5, 5.41) is 12.7. The first-order valence-corrected chi connectivity index (χ1v) is 6.91. The lowest BCUT2D eigenvalue weighted by atomic mass is 9.89. The Hall–Kier alpha value is -1.55. The summed E-state index contributed by atoms with van der Waals surface area (Å²) in [6.45, 7) is 2.70. The Labute approximate surface area is 113 Å². The van der Waals surface area contributed by atoms with Crippen molar-refractivity contribution in [2.45, 2.75) is 38.7 Å². The lowest BCUT2D eigenvalue weighted by Crippen LogP contribution is -2.29. The number of rotatable bonds is 5. The molecular formula is C15H21NO3. The molecule has 1 atom stereocenters. The number of hydrogen-bond donors (Lipinski definition) is 2. The lowest BCUT2D eigenvalue weighted by molar-refractivity contribution is -0.123. The Kier molecular flexibility index (Phi) is 4.80. The van der Waals surface area contributed by atoms with Gasteiger partial charge in [0.1, 0.15) is 5.75 Å². The molecule has 19 heavy (non-hydrogen) atoms. The molecule has 0 bridgehead atoms. The first-order valence-electron chi connectivity index (χ1n) is 6.91. The maximum Gasteiger partial charge on any atom is 0.257 e. The fraction of sp³-hybridized carbons (Fsp3) is 0.533. The van der Waals surface area contributed by atoms with E-state index in [9.17, 15) is 9.90 Å². The van der Waals surface area contributed by atoms with Gasteiger partial charge in [-0.2, -0.15) is 0 Å². The Morgan fingerprint density at radius 1 is 1.53 bits per heavy atom. The largest absolute Gasteiger partial charge is 0.484 e. The van der Waals surface area contributed by atoms with E-state index in [1.807, 2.05) is 25.1 Å². The van der Waals surface area contributed by atoms with E-state index in [1.165, 1.54) is 5.56 Å². The van der Waals surface area contributed by atoms with Gasteiger partial charge in [-0.25, -0.2) is 0 Å². The molecular weight excluding hydrogens is 242 g/mol. The number of aliphatic hydroxyl groups is 1. The molecule has 1 aromatic rings. The molecule has 4 heteroatoms. The van der Waals surface area contributed by atoms with Crippen molar-refractivity contribution in [2.24, 2.45) is 0 Å². The Balaban J connectivity index is 1.94. The van der Waals surface area contributed by atoms with Crippen molar-refractivity contribution in [1.29, 1.82) is 0 Å². The zero-order chi connectivity index (χ0) is 13.7. The number of carbonyl (C=O) groups excluding carboxylic acids is 1. The van der Waals surface area contributed by atoms with Crippen LogP contribution in [0.15, 0.2) is 18.2 Å². The van der Waals surface area contributed by atoms with Crippen LogP contribution in [0.3, 0.4) is 0 Å². The van der Waals surface area contributed by atoms with Crippen LogP contribution in [0.2, 0.25) is 0 Å². The topological polar surface area (TPSA) is 58.6 Å². The second-order valence-electron chi connectivity index (χ2n) is 4.91. The molecule has 0 heterocycles. The van der Waals surface area contributed by atoms with Gasteiger partial charge in [-0.1, -0.05) is 13.0 Å². The highest BCUT2D eigenvalue weighted by atomic mass is 16.5. The molecule has 4 nitrogen and oxygen atoms in total. The van der Waals surface area contributed by atoms with Crippen molar-refractivity contribution in [3.8, 4) is 5.75 Å². The van der Waals surface area contributed by atoms with Crippen LogP contribution in [0.4, 0.5) is 0 Å². The van der Waals surface area contributed by atoms with Gasteiger partial charge in [-0.05, 0) is 48.9 Å². The van der Waals surface area contributed by atoms with Crippen LogP contribution in [0, 0.1) is 0 Å². The molecule has 0 fully saturated rings. The maximum atomic E-state index is 11.4. The van der Waals surface area contributed by atoms with Crippen molar-refractivity contribution in [2.75, 3.05) is 13.2 Å². The number of nitrogens with one attached hydrogen (secondary N) is 1. The van der Waals surface area contributed by atoms with Crippen molar-refractivity contribution in [3.63, 3.8) is 0 Å². The van der Waals surface area contributed by atoms with Crippen LogP contribution in [0.25, 0.3) is 0 Å². The van der Waals surface area contributed by atoms with Crippen LogP contribution in [0.1, 0.15) is 43.4 Å². The van der Waals surface area contributed by atoms with Crippen LogP contribution in [-0.4, -0.2) is 24.2 Å². The van der Waals surface area contributed by atoms with E-state index >= 15 is 0 Å². The van der Waals surface area contributed by atoms with Gasteiger partial charge in [0.25, 0.3) is 5.91 Å². The van der Waals surface area contributed by atoms with Crippen molar-refractivity contribution in [3.05, 3.63) is 29.3 Å². The third-order valence-corrected chi connectivity index (χ3v) is 3.34. The number of benzene rings is 1. The first-order chi connectivity index (χ1) is 9.20. The number of hydrogen-bond acceptors (Lipinski definition) is 3. The minimum absolute atomic E-state index is 0.0227. The zero-order valence-corrected chi connectivity index (χ0v) is 11.3. The summed E-state index contributed by atoms with van der Waals surface area (Å²) in [5.41, 5.74) is 2.12. The smallest absolute Gasteiger partial charge is 0.257 e. The monoisotopic (exact) mass is 263 g/mol. The molecule has 2 rings (SSSR count). The Morgan fingerprint density at radius 3 is 3.16 bits per heavy atom. The van der Waals surface area contributed by atoms with E-state index in [-0.39, 0.29) is 12.5 Å². The van der Waals surface area contributed by atoms with E-state index in [0.29, 0.717) is 12.3 Å². The highest BCUT2D eigenvalue weighted by Gasteiger charge is 2.18. The number of fused-ring (bicyclic) bond motifs is 1. The third-order valence-electron chi connectivity index (χ3n) is 3.34. The number of aliphatic hydroxyl groups excluding tert-OH is 1. The van der Waals surface area contributed by atoms with E-state index in [1.54, 1.807) is 0 Å². The molecule has 1 aliphatic rings. The number of carbonyl (C=O) groups is 1. The van der Waals surface area contributed by atoms with Crippen molar-refractivity contribution < 1.29 is 14.6 Å². The predicted octanol–water partition coefficient (Wildman–Crippen LogP) is 1.96. The molecule has 0 unspecified atom stereocenters. The summed E-state index contributed by atoms with van der Waals surface area (Å²) < 4.78 is 5.46. The molecule has 1 amide bonds. The molecule has 0 aromatic heterocycles. The minimum Gasteiger partial charge on any atom is -0.484 e. The van der Waals surface area contributed by atoms with E-state index < -0.39 is 6.10 Å². The second-order valence-corrected chi connectivity index (χ2v) is 4.91. The van der Waals surface area contributed by atoms with Crippen molar-refractivity contribution in [1.82, 2.24) is 5.32 Å². The van der Waals surface area contributed by atoms with Gasteiger partial charge in [0.2, 0.25) is 0 Å². The summed E-state index contributed by atoms with van der Waals surface area (Å²) in [6, 6.07) is 5.70. The summed E-state index contributed by atoms with van der Waals surface area (Å²) in [6.07, 6.45) is 3.34. The Bertz CT molecular complexity index is 445. The van der Waals surface area contributed by atoms with Crippen LogP contribution in [0.5, 0.6) is 5.75 Å². The van der Waals surface area contributed by atoms with Crippen molar-refractivity contribution >= 4 is 5.91 Å². The summed E-state index contributed by atoms with van der Waals surface area (Å²) in [7, 11) is 0. The number of aryl methyl sites for hydroxylation is 1. The van der Waals surface area contributed by atoms with Crippen LogP contribution in [-0.2, 0) is 11.2 Å². The average Bonchev–Trinajstić information content (AvgIpc) is 2.43. The standard InChI is InChI=1S/C15H21NO3/c1-2-8-16-15(18)10-19-12-7-6-11-4-3-5-14(17)13(11)9-12/h6-7,9,14,17H,2-5,8,10H2,1H3,(H,16,18)/t14-/m0/s1. The summed E-state index contributed by atoms with van der Waals surface area (Å²) in [4.78, 5) is 11.4. The van der Waals surface area contributed by atoms with Gasteiger partial charge in [0.15, 0.2) is 6.61 Å². The summed E-state index contributed by atoms with van der Waals surface area (Å²) >= 11 is 0. The SMILES string of the molecule is CCCNC(=O)COc1ccc2c(c1)[C@@H](O)CCC2. The molecule has 0 saturated carbocycles. The van der Waals surface area contributed by atoms with Crippen LogP contribution >= 0.6 is 0 Å². The zero-order valence-electron chi connectivity index (χ0n) is 11.3. The molecule has 0 aliphatic heterocycles. The predicted molar refractivity (Wildman–Crippen MR) is 73.1 cm³/mol. The lowest BCUT2D eigenvalue weighted by Gasteiger charge is -2.21. The fourth-order valence-corrected chi connectivity index (χ4v) is 2.31. The molecule has 0 saturated heterocycles. The minimum atomic E-state index is -0.402. The second kappa shape index (κ2) is 6.57. The highest BCUT2D eigenvalue weighted by Crippen LogP contribution is 2.32. The van der Waals surface area contributed by atoms with Gasteiger partial charge in [-0.3, -0.25) is 4.79 Å². The van der Waals surface area contributed by atoms with Gasteiger partial charge in [0, 0.05) is 6.54 Å². The third kappa shape index (κ3) is 3.70. The maximum absolute atomic E-state index is 11.4. The fourth-order valence-electron chi connectivity index (χ4n) is 2.31. The quantitative estimate of drug-likeness (QED) is 0.853. The molecule has 0 radical (unpaired) electrons. The molecule has 1 aliphatic carbocycles. The summed E-state index contributed by atoms with van der Waals surface area (Å²) in [5.74, 6) is 0.534. The number of ether oxygens (including phenoxy) is 1. The molecule has 1 aromatic carbocycles. The Morgan fingerprint density at radius 2 is 2.37 bits per heavy atom.